The molecule has 0 bridgehead atoms. The Morgan fingerprint density at radius 3 is 2.56 bits per heavy atom. The first-order valence-electron chi connectivity index (χ1n) is 9.11. The van der Waals surface area contributed by atoms with E-state index in [9.17, 15) is 13.2 Å². The minimum Gasteiger partial charge on any atom is -0.305 e. The van der Waals surface area contributed by atoms with Crippen LogP contribution in [0.4, 0.5) is 5.69 Å². The third-order valence-electron chi connectivity index (χ3n) is 5.30. The van der Waals surface area contributed by atoms with Crippen molar-refractivity contribution >= 4 is 33.2 Å². The molecule has 0 N–H and O–H groups in total. The van der Waals surface area contributed by atoms with Crippen LogP contribution in [0.2, 0.25) is 5.02 Å². The molecule has 5 nitrogen and oxygen atoms in total. The van der Waals surface area contributed by atoms with Crippen molar-refractivity contribution in [1.29, 1.82) is 0 Å². The summed E-state index contributed by atoms with van der Waals surface area (Å²) in [6, 6.07) is 12.2. The fraction of sp³-hybridized carbons (Fsp3) is 0.350. The van der Waals surface area contributed by atoms with Crippen molar-refractivity contribution in [3.05, 3.63) is 58.6 Å². The highest BCUT2D eigenvalue weighted by Crippen LogP contribution is 2.35. The van der Waals surface area contributed by atoms with Crippen LogP contribution in [0, 0.1) is 0 Å². The Labute approximate surface area is 164 Å². The van der Waals surface area contributed by atoms with Gasteiger partial charge in [0.2, 0.25) is 10.0 Å². The first-order valence-corrected chi connectivity index (χ1v) is 10.9. The minimum atomic E-state index is -3.61. The van der Waals surface area contributed by atoms with E-state index < -0.39 is 10.0 Å². The number of amides is 1. The van der Waals surface area contributed by atoms with E-state index >= 15 is 0 Å². The summed E-state index contributed by atoms with van der Waals surface area (Å²) in [5.74, 6) is -0.268. The number of nitrogens with zero attached hydrogens (tertiary/aromatic N) is 2. The van der Waals surface area contributed by atoms with E-state index in [1.165, 1.54) is 22.5 Å². The Balaban J connectivity index is 1.73. The van der Waals surface area contributed by atoms with Gasteiger partial charge in [0, 0.05) is 24.8 Å². The largest absolute Gasteiger partial charge is 0.305 e. The molecular weight excluding hydrogens is 384 g/mol. The second kappa shape index (κ2) is 6.93. The van der Waals surface area contributed by atoms with E-state index in [2.05, 4.69) is 0 Å². The van der Waals surface area contributed by atoms with Crippen LogP contribution >= 0.6 is 11.6 Å². The molecule has 2 heterocycles. The molecule has 7 heteroatoms. The highest BCUT2D eigenvalue weighted by Gasteiger charge is 2.33. The summed E-state index contributed by atoms with van der Waals surface area (Å²) in [5.41, 5.74) is 2.19. The second-order valence-electron chi connectivity index (χ2n) is 7.11. The molecule has 142 valence electrons. The van der Waals surface area contributed by atoms with Crippen molar-refractivity contribution < 1.29 is 13.2 Å². The molecule has 2 aliphatic heterocycles. The van der Waals surface area contributed by atoms with Crippen molar-refractivity contribution in [2.24, 2.45) is 0 Å². The predicted octanol–water partition coefficient (Wildman–Crippen LogP) is 3.72. The Kier molecular flexibility index (Phi) is 4.74. The van der Waals surface area contributed by atoms with Crippen molar-refractivity contribution in [3.63, 3.8) is 0 Å². The molecular formula is C20H21ClN2O3S. The lowest BCUT2D eigenvalue weighted by atomic mass is 10.1. The van der Waals surface area contributed by atoms with Crippen molar-refractivity contribution in [2.45, 2.75) is 37.1 Å². The van der Waals surface area contributed by atoms with Crippen LogP contribution in [0.25, 0.3) is 0 Å². The zero-order valence-electron chi connectivity index (χ0n) is 15.1. The SMILES string of the molecule is CC1Cc2ccccc2N1C(=O)c1cc(S(=O)(=O)N2CCCC2)ccc1Cl. The quantitative estimate of drug-likeness (QED) is 0.783. The van der Waals surface area contributed by atoms with E-state index in [0.29, 0.717) is 13.1 Å². The molecule has 1 fully saturated rings. The maximum atomic E-state index is 13.3. The summed E-state index contributed by atoms with van der Waals surface area (Å²) in [5, 5.41) is 0.261. The van der Waals surface area contributed by atoms with Gasteiger partial charge in [0.25, 0.3) is 5.91 Å². The monoisotopic (exact) mass is 404 g/mol. The zero-order valence-corrected chi connectivity index (χ0v) is 16.6. The fourth-order valence-electron chi connectivity index (χ4n) is 3.91. The molecule has 2 aliphatic rings. The highest BCUT2D eigenvalue weighted by molar-refractivity contribution is 7.89. The molecule has 1 amide bonds. The average Bonchev–Trinajstić information content (AvgIpc) is 3.29. The molecule has 1 unspecified atom stereocenters. The van der Waals surface area contributed by atoms with Crippen LogP contribution in [-0.2, 0) is 16.4 Å². The van der Waals surface area contributed by atoms with Gasteiger partial charge in [0.05, 0.1) is 15.5 Å². The smallest absolute Gasteiger partial charge is 0.260 e. The second-order valence-corrected chi connectivity index (χ2v) is 9.45. The lowest BCUT2D eigenvalue weighted by molar-refractivity contribution is 0.0981. The third-order valence-corrected chi connectivity index (χ3v) is 7.52. The first kappa shape index (κ1) is 18.5. The van der Waals surface area contributed by atoms with Gasteiger partial charge in [0.15, 0.2) is 0 Å². The van der Waals surface area contributed by atoms with Crippen LogP contribution in [-0.4, -0.2) is 37.8 Å². The van der Waals surface area contributed by atoms with Crippen LogP contribution in [0.1, 0.15) is 35.7 Å². The molecule has 0 aliphatic carbocycles. The number of para-hydroxylation sites is 1. The van der Waals surface area contributed by atoms with Gasteiger partial charge in [-0.1, -0.05) is 29.8 Å². The maximum absolute atomic E-state index is 13.3. The van der Waals surface area contributed by atoms with Crippen LogP contribution in [0.5, 0.6) is 0 Å². The van der Waals surface area contributed by atoms with Gasteiger partial charge >= 0.3 is 0 Å². The predicted molar refractivity (Wildman–Crippen MR) is 106 cm³/mol. The van der Waals surface area contributed by atoms with E-state index in [1.54, 1.807) is 4.90 Å². The molecule has 4 rings (SSSR count). The highest BCUT2D eigenvalue weighted by atomic mass is 35.5. The number of carbonyl (C=O) groups excluding carboxylic acids is 1. The lowest BCUT2D eigenvalue weighted by Crippen LogP contribution is -2.36. The Hall–Kier alpha value is -1.89. The molecule has 0 saturated carbocycles. The molecule has 0 radical (unpaired) electrons. The number of sulfonamides is 1. The number of halogens is 1. The van der Waals surface area contributed by atoms with Gasteiger partial charge in [-0.2, -0.15) is 4.31 Å². The van der Waals surface area contributed by atoms with Gasteiger partial charge < -0.3 is 4.90 Å². The van der Waals surface area contributed by atoms with E-state index in [4.69, 9.17) is 11.6 Å². The molecule has 2 aromatic carbocycles. The fourth-order valence-corrected chi connectivity index (χ4v) is 5.65. The van der Waals surface area contributed by atoms with Gasteiger partial charge in [-0.05, 0) is 56.0 Å². The number of carbonyl (C=O) groups is 1. The zero-order chi connectivity index (χ0) is 19.2. The van der Waals surface area contributed by atoms with E-state index in [0.717, 1.165) is 30.5 Å². The molecule has 0 spiro atoms. The van der Waals surface area contributed by atoms with Crippen molar-refractivity contribution in [1.82, 2.24) is 4.31 Å². The summed E-state index contributed by atoms with van der Waals surface area (Å²) < 4.78 is 27.2. The molecule has 27 heavy (non-hydrogen) atoms. The Morgan fingerprint density at radius 1 is 1.11 bits per heavy atom. The number of hydrogen-bond acceptors (Lipinski definition) is 3. The van der Waals surface area contributed by atoms with Crippen molar-refractivity contribution in [3.8, 4) is 0 Å². The molecule has 2 aromatic rings. The normalized spacial score (nSPS) is 20.1. The lowest BCUT2D eigenvalue weighted by Gasteiger charge is -2.24. The summed E-state index contributed by atoms with van der Waals surface area (Å²) >= 11 is 6.30. The minimum absolute atomic E-state index is 0.00943. The first-order chi connectivity index (χ1) is 12.9. The topological polar surface area (TPSA) is 57.7 Å². The standard InChI is InChI=1S/C20H21ClN2O3S/c1-14-12-15-6-2-3-7-19(15)23(14)20(24)17-13-16(8-9-18(17)21)27(25,26)22-10-4-5-11-22/h2-3,6-9,13-14H,4-5,10-12H2,1H3. The van der Waals surface area contributed by atoms with Crippen LogP contribution in [0.15, 0.2) is 47.4 Å². The van der Waals surface area contributed by atoms with E-state index in [-0.39, 0.29) is 27.4 Å². The average molecular weight is 405 g/mol. The number of fused-ring (bicyclic) bond motifs is 1. The van der Waals surface area contributed by atoms with E-state index in [1.807, 2.05) is 31.2 Å². The molecule has 1 atom stereocenters. The maximum Gasteiger partial charge on any atom is 0.260 e. The number of rotatable bonds is 3. The van der Waals surface area contributed by atoms with Crippen molar-refractivity contribution in [2.75, 3.05) is 18.0 Å². The van der Waals surface area contributed by atoms with Crippen LogP contribution < -0.4 is 4.90 Å². The van der Waals surface area contributed by atoms with Gasteiger partial charge in [-0.15, -0.1) is 0 Å². The van der Waals surface area contributed by atoms with Gasteiger partial charge in [0.1, 0.15) is 0 Å². The molecule has 0 aromatic heterocycles. The summed E-state index contributed by atoms with van der Waals surface area (Å²) in [4.78, 5) is 15.1. The third kappa shape index (κ3) is 3.16. The summed E-state index contributed by atoms with van der Waals surface area (Å²) in [6.07, 6.45) is 2.49. The van der Waals surface area contributed by atoms with Crippen LogP contribution in [0.3, 0.4) is 0 Å². The summed E-state index contributed by atoms with van der Waals surface area (Å²) in [7, 11) is -3.61. The number of anilines is 1. The Morgan fingerprint density at radius 2 is 1.81 bits per heavy atom. The van der Waals surface area contributed by atoms with Gasteiger partial charge in [-0.25, -0.2) is 8.42 Å². The number of benzene rings is 2. The van der Waals surface area contributed by atoms with Gasteiger partial charge in [-0.3, -0.25) is 4.79 Å². The molecule has 1 saturated heterocycles. The Bertz CT molecular complexity index is 1000. The summed E-state index contributed by atoms with van der Waals surface area (Å²) in [6.45, 7) is 3.02. The number of hydrogen-bond donors (Lipinski definition) is 0.